The molecular weight excluding hydrogens is 326 g/mol. The van der Waals surface area contributed by atoms with E-state index in [1.807, 2.05) is 18.2 Å². The van der Waals surface area contributed by atoms with Gasteiger partial charge in [-0.25, -0.2) is 4.98 Å². The lowest BCUT2D eigenvalue weighted by Crippen LogP contribution is -2.33. The highest BCUT2D eigenvalue weighted by molar-refractivity contribution is 7.18. The van der Waals surface area contributed by atoms with E-state index in [0.29, 0.717) is 13.0 Å². The van der Waals surface area contributed by atoms with Gasteiger partial charge in [-0.15, -0.1) is 11.3 Å². The molecule has 7 heteroatoms. The number of aromatic nitrogens is 1. The Balaban J connectivity index is 1.57. The van der Waals surface area contributed by atoms with Gasteiger partial charge in [0.15, 0.2) is 0 Å². The largest absolute Gasteiger partial charge is 0.468 e. The topological polar surface area (TPSA) is 71.5 Å². The van der Waals surface area contributed by atoms with E-state index >= 15 is 0 Å². The highest BCUT2D eigenvalue weighted by Crippen LogP contribution is 2.36. The molecule has 1 N–H and O–H groups in total. The quantitative estimate of drug-likeness (QED) is 0.811. The van der Waals surface area contributed by atoms with Crippen molar-refractivity contribution >= 4 is 33.4 Å². The van der Waals surface area contributed by atoms with Crippen molar-refractivity contribution in [3.8, 4) is 0 Å². The minimum absolute atomic E-state index is 0.0728. The molecule has 1 atom stereocenters. The van der Waals surface area contributed by atoms with Crippen molar-refractivity contribution < 1.29 is 14.3 Å². The van der Waals surface area contributed by atoms with Crippen LogP contribution in [0.5, 0.6) is 0 Å². The minimum Gasteiger partial charge on any atom is -0.468 e. The monoisotopic (exact) mass is 347 g/mol. The Hall–Kier alpha value is -1.99. The van der Waals surface area contributed by atoms with Gasteiger partial charge in [0.1, 0.15) is 11.6 Å². The third-order valence-corrected chi connectivity index (χ3v) is 5.38. The smallest absolute Gasteiger partial charge is 0.325 e. The number of esters is 1. The summed E-state index contributed by atoms with van der Waals surface area (Å²) in [7, 11) is 1.31. The first-order valence-electron chi connectivity index (χ1n) is 8.10. The Bertz CT molecular complexity index is 698. The molecule has 0 spiro atoms. The van der Waals surface area contributed by atoms with Crippen LogP contribution in [0.25, 0.3) is 10.2 Å². The zero-order valence-corrected chi connectivity index (χ0v) is 14.5. The molecule has 0 saturated carbocycles. The van der Waals surface area contributed by atoms with Crippen LogP contribution < -0.4 is 5.32 Å². The highest BCUT2D eigenvalue weighted by atomic mass is 32.1. The predicted molar refractivity (Wildman–Crippen MR) is 92.8 cm³/mol. The lowest BCUT2D eigenvalue weighted by atomic mass is 10.2. The second-order valence-corrected chi connectivity index (χ2v) is 6.88. The fourth-order valence-corrected chi connectivity index (χ4v) is 4.12. The molecule has 24 heavy (non-hydrogen) atoms. The average Bonchev–Trinajstić information content (AvgIpc) is 3.23. The molecular formula is C17H21N3O3S. The molecule has 6 nitrogen and oxygen atoms in total. The maximum Gasteiger partial charge on any atom is 0.325 e. The van der Waals surface area contributed by atoms with E-state index in [1.165, 1.54) is 11.8 Å². The number of benzene rings is 1. The van der Waals surface area contributed by atoms with Gasteiger partial charge in [-0.1, -0.05) is 12.1 Å². The van der Waals surface area contributed by atoms with Crippen LogP contribution in [0, 0.1) is 0 Å². The number of carbonyl (C=O) groups is 2. The van der Waals surface area contributed by atoms with Gasteiger partial charge in [0, 0.05) is 13.0 Å². The maximum atomic E-state index is 11.8. The van der Waals surface area contributed by atoms with Crippen molar-refractivity contribution in [1.82, 2.24) is 15.2 Å². The van der Waals surface area contributed by atoms with Crippen molar-refractivity contribution in [3.63, 3.8) is 0 Å². The Morgan fingerprint density at radius 1 is 1.42 bits per heavy atom. The molecule has 0 aliphatic carbocycles. The summed E-state index contributed by atoms with van der Waals surface area (Å²) in [6, 6.07) is 8.45. The van der Waals surface area contributed by atoms with E-state index in [9.17, 15) is 9.59 Å². The fraction of sp³-hybridized carbons (Fsp3) is 0.471. The SMILES string of the molecule is COC(=O)CNC(=O)CCN1CCC[C@H]1c1nc2ccccc2s1. The van der Waals surface area contributed by atoms with Gasteiger partial charge in [-0.2, -0.15) is 0 Å². The Morgan fingerprint density at radius 3 is 3.04 bits per heavy atom. The van der Waals surface area contributed by atoms with E-state index < -0.39 is 5.97 Å². The molecule has 3 rings (SSSR count). The number of rotatable bonds is 6. The Labute approximate surface area is 144 Å². The van der Waals surface area contributed by atoms with E-state index in [0.717, 1.165) is 29.9 Å². The zero-order valence-electron chi connectivity index (χ0n) is 13.7. The summed E-state index contributed by atoms with van der Waals surface area (Å²) in [5.74, 6) is -0.563. The number of fused-ring (bicyclic) bond motifs is 1. The van der Waals surface area contributed by atoms with Gasteiger partial charge in [0.05, 0.1) is 23.4 Å². The number of ether oxygens (including phenoxy) is 1. The maximum absolute atomic E-state index is 11.8. The van der Waals surface area contributed by atoms with Gasteiger partial charge >= 0.3 is 5.97 Å². The number of nitrogens with zero attached hydrogens (tertiary/aromatic N) is 2. The highest BCUT2D eigenvalue weighted by Gasteiger charge is 2.28. The van der Waals surface area contributed by atoms with Crippen LogP contribution >= 0.6 is 11.3 Å². The summed E-state index contributed by atoms with van der Waals surface area (Å²) < 4.78 is 5.72. The van der Waals surface area contributed by atoms with Crippen LogP contribution in [0.1, 0.15) is 30.3 Å². The Morgan fingerprint density at radius 2 is 2.25 bits per heavy atom. The molecule has 1 aromatic heterocycles. The summed E-state index contributed by atoms with van der Waals surface area (Å²) >= 11 is 1.74. The van der Waals surface area contributed by atoms with Gasteiger partial charge in [-0.3, -0.25) is 14.5 Å². The van der Waals surface area contributed by atoms with Crippen molar-refractivity contribution in [3.05, 3.63) is 29.3 Å². The Kier molecular flexibility index (Phi) is 5.42. The number of carbonyl (C=O) groups excluding carboxylic acids is 2. The first-order valence-corrected chi connectivity index (χ1v) is 8.92. The zero-order chi connectivity index (χ0) is 16.9. The first kappa shape index (κ1) is 16.9. The van der Waals surface area contributed by atoms with Gasteiger partial charge < -0.3 is 10.1 Å². The van der Waals surface area contributed by atoms with Crippen molar-refractivity contribution in [2.24, 2.45) is 0 Å². The second-order valence-electron chi connectivity index (χ2n) is 5.82. The molecule has 1 aromatic carbocycles. The summed E-state index contributed by atoms with van der Waals surface area (Å²) in [4.78, 5) is 30.0. The van der Waals surface area contributed by atoms with Crippen molar-refractivity contribution in [2.45, 2.75) is 25.3 Å². The second kappa shape index (κ2) is 7.72. The van der Waals surface area contributed by atoms with Crippen LogP contribution in [-0.4, -0.2) is 48.5 Å². The number of methoxy groups -OCH3 is 1. The molecule has 1 fully saturated rings. The molecule has 128 valence electrons. The van der Waals surface area contributed by atoms with Gasteiger partial charge in [-0.05, 0) is 31.5 Å². The fourth-order valence-electron chi connectivity index (χ4n) is 2.98. The predicted octanol–water partition coefficient (Wildman–Crippen LogP) is 2.11. The van der Waals surface area contributed by atoms with E-state index in [1.54, 1.807) is 11.3 Å². The van der Waals surface area contributed by atoms with Crippen LogP contribution in [0.15, 0.2) is 24.3 Å². The van der Waals surface area contributed by atoms with Crippen molar-refractivity contribution in [1.29, 1.82) is 0 Å². The van der Waals surface area contributed by atoms with E-state index in [4.69, 9.17) is 4.98 Å². The molecule has 0 bridgehead atoms. The minimum atomic E-state index is -0.433. The molecule has 1 amide bonds. The summed E-state index contributed by atoms with van der Waals surface area (Å²) in [5.41, 5.74) is 1.04. The molecule has 1 aliphatic heterocycles. The van der Waals surface area contributed by atoms with Crippen LogP contribution in [-0.2, 0) is 14.3 Å². The lowest BCUT2D eigenvalue weighted by molar-refractivity contribution is -0.141. The summed E-state index contributed by atoms with van der Waals surface area (Å²) in [6.07, 6.45) is 2.56. The number of likely N-dealkylation sites (tertiary alicyclic amines) is 1. The number of thiazole rings is 1. The third kappa shape index (κ3) is 3.91. The number of hydrogen-bond donors (Lipinski definition) is 1. The molecule has 2 aromatic rings. The number of para-hydroxylation sites is 1. The standard InChI is InChI=1S/C17H21N3O3S/c1-23-16(22)11-18-15(21)8-10-20-9-4-6-13(20)17-19-12-5-2-3-7-14(12)24-17/h2-3,5,7,13H,4,6,8-11H2,1H3,(H,18,21)/t13-/m0/s1. The normalized spacial score (nSPS) is 18.0. The molecule has 0 radical (unpaired) electrons. The van der Waals surface area contributed by atoms with Gasteiger partial charge in [0.25, 0.3) is 0 Å². The van der Waals surface area contributed by atoms with Crippen LogP contribution in [0.4, 0.5) is 0 Å². The molecule has 1 aliphatic rings. The van der Waals surface area contributed by atoms with Crippen LogP contribution in [0.3, 0.4) is 0 Å². The van der Waals surface area contributed by atoms with Gasteiger partial charge in [0.2, 0.25) is 5.91 Å². The summed E-state index contributed by atoms with van der Waals surface area (Å²) in [5, 5.41) is 3.71. The lowest BCUT2D eigenvalue weighted by Gasteiger charge is -2.22. The molecule has 1 saturated heterocycles. The van der Waals surface area contributed by atoms with Crippen LogP contribution in [0.2, 0.25) is 0 Å². The van der Waals surface area contributed by atoms with Crippen molar-refractivity contribution in [2.75, 3.05) is 26.7 Å². The molecule has 2 heterocycles. The first-order chi connectivity index (χ1) is 11.7. The van der Waals surface area contributed by atoms with E-state index in [2.05, 4.69) is 21.0 Å². The third-order valence-electron chi connectivity index (χ3n) is 4.24. The number of hydrogen-bond acceptors (Lipinski definition) is 6. The average molecular weight is 347 g/mol. The number of nitrogens with one attached hydrogen (secondary N) is 1. The summed E-state index contributed by atoms with van der Waals surface area (Å²) in [6.45, 7) is 1.58. The molecule has 0 unspecified atom stereocenters. The van der Waals surface area contributed by atoms with E-state index in [-0.39, 0.29) is 18.5 Å². The number of amides is 1.